The number of para-hydroxylation sites is 1. The van der Waals surface area contributed by atoms with E-state index in [0.29, 0.717) is 81.3 Å². The lowest BCUT2D eigenvalue weighted by atomic mass is 9.69. The first kappa shape index (κ1) is 51.9. The number of nitrogens with zero attached hydrogens (tertiary/aromatic N) is 5. The van der Waals surface area contributed by atoms with E-state index < -0.39 is 57.0 Å². The van der Waals surface area contributed by atoms with Gasteiger partial charge >= 0.3 is 17.6 Å². The molecule has 3 heterocycles. The van der Waals surface area contributed by atoms with Crippen molar-refractivity contribution in [2.45, 2.75) is 153 Å². The van der Waals surface area contributed by atoms with E-state index in [-0.39, 0.29) is 49.4 Å². The van der Waals surface area contributed by atoms with Crippen molar-refractivity contribution in [3.8, 4) is 0 Å². The topological polar surface area (TPSA) is 231 Å². The molecule has 0 radical (unpaired) electrons. The second kappa shape index (κ2) is 23.2. The molecule has 0 spiro atoms. The van der Waals surface area contributed by atoms with Gasteiger partial charge in [-0.2, -0.15) is 8.42 Å². The summed E-state index contributed by atoms with van der Waals surface area (Å²) in [5.74, 6) is -1.09. The molecule has 2 saturated carbocycles. The summed E-state index contributed by atoms with van der Waals surface area (Å²) < 4.78 is 68.5. The molecule has 6 N–H and O–H groups in total. The molecular formula is C44H76N8O10SSi2. The number of guanidine groups is 1. The molecule has 21 heteroatoms. The predicted molar refractivity (Wildman–Crippen MR) is 257 cm³/mol. The lowest BCUT2D eigenvalue weighted by Gasteiger charge is -2.39. The number of fused-ring (bicyclic) bond motifs is 2. The zero-order valence-corrected chi connectivity index (χ0v) is 42.4. The van der Waals surface area contributed by atoms with Crippen LogP contribution in [0, 0.1) is 17.8 Å². The van der Waals surface area contributed by atoms with Crippen LogP contribution in [0.15, 0.2) is 45.3 Å². The maximum atomic E-state index is 14.0. The third-order valence-electron chi connectivity index (χ3n) is 13.8. The van der Waals surface area contributed by atoms with Gasteiger partial charge in [0.1, 0.15) is 6.29 Å². The van der Waals surface area contributed by atoms with Crippen molar-refractivity contribution in [3.63, 3.8) is 0 Å². The number of Topliss-reactive ketones (excluding diaryl/α,β-unsaturated/α-hetero) is 1. The molecule has 366 valence electrons. The van der Waals surface area contributed by atoms with Gasteiger partial charge in [-0.05, 0) is 90.1 Å². The first-order valence-electron chi connectivity index (χ1n) is 24.0. The highest BCUT2D eigenvalue weighted by Crippen LogP contribution is 2.46. The fourth-order valence-electron chi connectivity index (χ4n) is 10.2. The Morgan fingerprint density at radius 1 is 0.954 bits per heavy atom. The molecule has 3 saturated heterocycles. The largest absolute Gasteiger partial charge is 0.502 e. The number of hydrogen-bond donors (Lipinski definition) is 5. The van der Waals surface area contributed by atoms with Crippen LogP contribution in [0.25, 0.3) is 0 Å². The third kappa shape index (κ3) is 12.6. The molecule has 3 aliphatic heterocycles. The number of rotatable bonds is 19. The van der Waals surface area contributed by atoms with Crippen LogP contribution >= 0.6 is 0 Å². The molecule has 65 heavy (non-hydrogen) atoms. The Kier molecular flexibility index (Phi) is 18.5. The smallest absolute Gasteiger partial charge is 0.390 e. The van der Waals surface area contributed by atoms with Gasteiger partial charge in [0.05, 0.1) is 54.1 Å². The standard InChI is InChI=1S/C44H76N8O10SSi2/c1-8-33(46-6)41(53)40-31(5)30(4)39(63(54,55)56)27-34(40)49-29-51(7)43(50-44(47-9-2)52(10-3)32-19-13-11-14-20-32)48-24-18-26-65-60-36-22-16-12-15-21-35-37(28-38(61-65)42(36)62-65)59-64(57,58-35)25-17-23-45/h11,13-14,19-20,30-31,35-40,42-43,48,57H,8-10,12,15-18,21-29,45H2,1-7H3,(H,47,50)(H,54,55,56). The van der Waals surface area contributed by atoms with Crippen LogP contribution in [0.5, 0.6) is 0 Å². The van der Waals surface area contributed by atoms with E-state index in [1.807, 2.05) is 63.1 Å². The Morgan fingerprint density at radius 3 is 2.32 bits per heavy atom. The van der Waals surface area contributed by atoms with Gasteiger partial charge in [-0.3, -0.25) is 34.5 Å². The Labute approximate surface area is 389 Å². The zero-order valence-electron chi connectivity index (χ0n) is 39.6. The lowest BCUT2D eigenvalue weighted by Crippen LogP contribution is -2.59. The summed E-state index contributed by atoms with van der Waals surface area (Å²) in [5, 5.41) is 6.24. The minimum absolute atomic E-state index is 0.0512. The molecule has 1 aromatic rings. The van der Waals surface area contributed by atoms with Crippen molar-refractivity contribution in [1.29, 1.82) is 0 Å². The van der Waals surface area contributed by atoms with Crippen LogP contribution in [-0.4, -0.2) is 152 Å². The van der Waals surface area contributed by atoms with Crippen LogP contribution < -0.4 is 21.3 Å². The Bertz CT molecular complexity index is 1940. The number of hydrogen-bond acceptors (Lipinski definition) is 15. The summed E-state index contributed by atoms with van der Waals surface area (Å²) in [5.41, 5.74) is 7.60. The van der Waals surface area contributed by atoms with Gasteiger partial charge in [-0.25, -0.2) is 0 Å². The average Bonchev–Trinajstić information content (AvgIpc) is 3.92. The SMILES string of the molecule is CCN=C(NC(NCCC[Si]12OC3CCCCCC4O[Si](O)(CCCN)OC4CC(O1)C3O2)N(C)CN=C1CC(S(=O)(=O)O)C(C)C(C)C1C(=O)C(CC)=NC)N(CC)c1ccccc1. The Hall–Kier alpha value is -2.52. The van der Waals surface area contributed by atoms with Crippen LogP contribution in [0.4, 0.5) is 5.69 Å². The minimum Gasteiger partial charge on any atom is -0.390 e. The van der Waals surface area contributed by atoms with Crippen LogP contribution in [0.1, 0.15) is 98.8 Å². The van der Waals surface area contributed by atoms with Gasteiger partial charge < -0.3 is 42.9 Å². The van der Waals surface area contributed by atoms with Gasteiger partial charge in [0.15, 0.2) is 5.78 Å². The molecule has 6 rings (SSSR count). The van der Waals surface area contributed by atoms with Crippen molar-refractivity contribution >= 4 is 56.6 Å². The predicted octanol–water partition coefficient (Wildman–Crippen LogP) is 4.21. The summed E-state index contributed by atoms with van der Waals surface area (Å²) in [6.07, 6.45) is 5.61. The number of carbonyl (C=O) groups is 1. The quantitative estimate of drug-likeness (QED) is 0.0327. The van der Waals surface area contributed by atoms with E-state index in [0.717, 1.165) is 37.8 Å². The van der Waals surface area contributed by atoms with E-state index in [1.54, 1.807) is 14.0 Å². The molecule has 12 unspecified atom stereocenters. The maximum Gasteiger partial charge on any atom is 0.502 e. The number of aliphatic imine (C=N–C) groups is 3. The van der Waals surface area contributed by atoms with Crippen LogP contribution in [0.3, 0.4) is 0 Å². The molecule has 2 bridgehead atoms. The van der Waals surface area contributed by atoms with Gasteiger partial charge in [-0.15, -0.1) is 0 Å². The first-order valence-corrected chi connectivity index (χ1v) is 29.4. The molecule has 2 aliphatic carbocycles. The molecule has 0 amide bonds. The Morgan fingerprint density at radius 2 is 1.66 bits per heavy atom. The fraction of sp³-hybridized carbons (Fsp3) is 0.773. The molecule has 0 aromatic heterocycles. The van der Waals surface area contributed by atoms with E-state index in [1.165, 1.54) is 0 Å². The van der Waals surface area contributed by atoms with Crippen molar-refractivity contribution < 1.29 is 44.7 Å². The molecule has 5 fully saturated rings. The van der Waals surface area contributed by atoms with Crippen molar-refractivity contribution in [2.75, 3.05) is 51.8 Å². The summed E-state index contributed by atoms with van der Waals surface area (Å²) in [7, 11) is -7.31. The normalized spacial score (nSPS) is 34.4. The summed E-state index contributed by atoms with van der Waals surface area (Å²) in [4.78, 5) is 43.5. The summed E-state index contributed by atoms with van der Waals surface area (Å²) >= 11 is 0. The molecule has 18 nitrogen and oxygen atoms in total. The number of nitrogens with one attached hydrogen (secondary N) is 2. The molecule has 1 aromatic carbocycles. The molecular weight excluding hydrogens is 889 g/mol. The number of anilines is 1. The summed E-state index contributed by atoms with van der Waals surface area (Å²) in [6, 6.07) is 11.1. The van der Waals surface area contributed by atoms with E-state index in [2.05, 4.69) is 27.4 Å². The summed E-state index contributed by atoms with van der Waals surface area (Å²) in [6.45, 7) is 11.8. The van der Waals surface area contributed by atoms with Gasteiger partial charge in [-0.1, -0.05) is 58.2 Å². The van der Waals surface area contributed by atoms with Crippen molar-refractivity contribution in [3.05, 3.63) is 30.3 Å². The van der Waals surface area contributed by atoms with E-state index in [9.17, 15) is 22.6 Å². The number of ketones is 1. The minimum atomic E-state index is -4.42. The Balaban J connectivity index is 1.20. The second-order valence-corrected chi connectivity index (χ2v) is 24.8. The monoisotopic (exact) mass is 964 g/mol. The molecule has 5 aliphatic rings. The number of carbonyl (C=O) groups excluding carboxylic acids is 1. The highest BCUT2D eigenvalue weighted by Gasteiger charge is 2.64. The van der Waals surface area contributed by atoms with Crippen molar-refractivity contribution in [1.82, 2.24) is 15.5 Å². The lowest BCUT2D eigenvalue weighted by molar-refractivity contribution is -0.116. The van der Waals surface area contributed by atoms with Crippen LogP contribution in [0.2, 0.25) is 12.1 Å². The highest BCUT2D eigenvalue weighted by molar-refractivity contribution is 7.86. The number of nitrogens with two attached hydrogens (primary N) is 1. The average molecular weight is 965 g/mol. The van der Waals surface area contributed by atoms with E-state index in [4.69, 9.17) is 37.8 Å². The van der Waals surface area contributed by atoms with E-state index >= 15 is 0 Å². The highest BCUT2D eigenvalue weighted by atomic mass is 32.2. The third-order valence-corrected chi connectivity index (χ3v) is 20.5. The fourth-order valence-corrected chi connectivity index (χ4v) is 17.0. The number of benzene rings is 1. The van der Waals surface area contributed by atoms with Crippen molar-refractivity contribution in [2.24, 2.45) is 38.5 Å². The van der Waals surface area contributed by atoms with Crippen LogP contribution in [-0.2, 0) is 37.0 Å². The van der Waals surface area contributed by atoms with Gasteiger partial charge in [0, 0.05) is 56.5 Å². The maximum absolute atomic E-state index is 14.0. The second-order valence-electron chi connectivity index (χ2n) is 18.2. The van der Waals surface area contributed by atoms with Gasteiger partial charge in [0.2, 0.25) is 5.96 Å². The first-order chi connectivity index (χ1) is 31.1. The molecule has 12 atom stereocenters. The van der Waals surface area contributed by atoms with Gasteiger partial charge in [0.25, 0.3) is 10.1 Å². The zero-order chi connectivity index (χ0) is 46.9.